The van der Waals surface area contributed by atoms with E-state index in [1.807, 2.05) is 30.3 Å². The van der Waals surface area contributed by atoms with E-state index in [9.17, 15) is 0 Å². The molecule has 0 aromatic heterocycles. The van der Waals surface area contributed by atoms with Crippen LogP contribution in [0.25, 0.3) is 0 Å². The van der Waals surface area contributed by atoms with Gasteiger partial charge in [-0.1, -0.05) is 18.2 Å². The van der Waals surface area contributed by atoms with Crippen molar-refractivity contribution in [2.45, 2.75) is 13.5 Å². The molecule has 1 heterocycles. The Hall–Kier alpha value is -3.09. The van der Waals surface area contributed by atoms with Crippen molar-refractivity contribution >= 4 is 11.6 Å². The van der Waals surface area contributed by atoms with Gasteiger partial charge in [-0.15, -0.1) is 0 Å². The van der Waals surface area contributed by atoms with Crippen LogP contribution >= 0.6 is 0 Å². The first-order chi connectivity index (χ1) is 14.7. The second-order valence-electron chi connectivity index (χ2n) is 7.01. The molecule has 0 unspecified atom stereocenters. The summed E-state index contributed by atoms with van der Waals surface area (Å²) in [6.45, 7) is 7.14. The summed E-state index contributed by atoms with van der Waals surface area (Å²) in [5.41, 5.74) is 2.22. The third kappa shape index (κ3) is 5.09. The van der Waals surface area contributed by atoms with Gasteiger partial charge in [0, 0.05) is 32.7 Å². The normalized spacial score (nSPS) is 14.5. The molecule has 162 valence electrons. The molecule has 0 bridgehead atoms. The van der Waals surface area contributed by atoms with Crippen LogP contribution in [0, 0.1) is 0 Å². The van der Waals surface area contributed by atoms with E-state index in [-0.39, 0.29) is 0 Å². The first-order valence-corrected chi connectivity index (χ1v) is 10.3. The van der Waals surface area contributed by atoms with Gasteiger partial charge in [-0.25, -0.2) is 4.99 Å². The zero-order valence-corrected chi connectivity index (χ0v) is 18.4. The summed E-state index contributed by atoms with van der Waals surface area (Å²) in [7, 11) is 5.01. The lowest BCUT2D eigenvalue weighted by molar-refractivity contribution is 0.354. The van der Waals surface area contributed by atoms with Crippen LogP contribution < -0.4 is 24.4 Å². The Morgan fingerprint density at radius 1 is 0.900 bits per heavy atom. The summed E-state index contributed by atoms with van der Waals surface area (Å²) in [6.07, 6.45) is 0. The topological polar surface area (TPSA) is 58.6 Å². The second-order valence-corrected chi connectivity index (χ2v) is 7.01. The number of ether oxygens (including phenoxy) is 3. The van der Waals surface area contributed by atoms with Gasteiger partial charge in [0.1, 0.15) is 5.75 Å². The smallest absolute Gasteiger partial charge is 0.194 e. The van der Waals surface area contributed by atoms with Gasteiger partial charge in [-0.3, -0.25) is 0 Å². The molecule has 7 nitrogen and oxygen atoms in total. The van der Waals surface area contributed by atoms with E-state index in [2.05, 4.69) is 34.2 Å². The highest BCUT2D eigenvalue weighted by Gasteiger charge is 2.21. The number of aliphatic imine (C=N–C) groups is 1. The first-order valence-electron chi connectivity index (χ1n) is 10.3. The third-order valence-corrected chi connectivity index (χ3v) is 5.20. The number of rotatable bonds is 7. The molecule has 0 saturated carbocycles. The molecule has 0 amide bonds. The van der Waals surface area contributed by atoms with E-state index >= 15 is 0 Å². The maximum absolute atomic E-state index is 5.52. The van der Waals surface area contributed by atoms with E-state index in [0.717, 1.165) is 67.2 Å². The SMILES string of the molecule is CCNC(=NCc1ccc(OC)c(OC)c1)N1CCN(c2ccccc2OC)CC1. The number of nitrogens with one attached hydrogen (secondary N) is 1. The molecule has 30 heavy (non-hydrogen) atoms. The minimum absolute atomic E-state index is 0.579. The van der Waals surface area contributed by atoms with Crippen LogP contribution in [0.4, 0.5) is 5.69 Å². The largest absolute Gasteiger partial charge is 0.495 e. The monoisotopic (exact) mass is 412 g/mol. The predicted molar refractivity (Wildman–Crippen MR) is 121 cm³/mol. The van der Waals surface area contributed by atoms with Crippen LogP contribution in [0.2, 0.25) is 0 Å². The van der Waals surface area contributed by atoms with Crippen molar-refractivity contribution in [1.82, 2.24) is 10.2 Å². The summed E-state index contributed by atoms with van der Waals surface area (Å²) in [5, 5.41) is 3.43. The number of methoxy groups -OCH3 is 3. The Morgan fingerprint density at radius 3 is 2.27 bits per heavy atom. The Balaban J connectivity index is 1.67. The molecule has 1 fully saturated rings. The number of para-hydroxylation sites is 2. The number of guanidine groups is 1. The zero-order chi connectivity index (χ0) is 21.3. The Kier molecular flexibility index (Phi) is 7.65. The molecule has 0 aliphatic carbocycles. The second kappa shape index (κ2) is 10.6. The number of hydrogen-bond acceptors (Lipinski definition) is 5. The number of anilines is 1. The molecular formula is C23H32N4O3. The Labute approximate surface area is 179 Å². The van der Waals surface area contributed by atoms with Crippen LogP contribution in [0.1, 0.15) is 12.5 Å². The average molecular weight is 413 g/mol. The fraction of sp³-hybridized carbons (Fsp3) is 0.435. The van der Waals surface area contributed by atoms with Crippen LogP contribution in [0.3, 0.4) is 0 Å². The minimum atomic E-state index is 0.579. The van der Waals surface area contributed by atoms with E-state index < -0.39 is 0 Å². The van der Waals surface area contributed by atoms with Crippen molar-refractivity contribution in [2.24, 2.45) is 4.99 Å². The molecule has 0 radical (unpaired) electrons. The van der Waals surface area contributed by atoms with Crippen molar-refractivity contribution in [1.29, 1.82) is 0 Å². The van der Waals surface area contributed by atoms with Gasteiger partial charge in [0.05, 0.1) is 33.6 Å². The highest BCUT2D eigenvalue weighted by Crippen LogP contribution is 2.29. The Morgan fingerprint density at radius 2 is 1.60 bits per heavy atom. The first kappa shape index (κ1) is 21.6. The van der Waals surface area contributed by atoms with Crippen LogP contribution in [-0.4, -0.2) is 64.9 Å². The maximum Gasteiger partial charge on any atom is 0.194 e. The van der Waals surface area contributed by atoms with Gasteiger partial charge in [0.25, 0.3) is 0 Å². The lowest BCUT2D eigenvalue weighted by Gasteiger charge is -2.38. The molecule has 0 atom stereocenters. The molecule has 1 aliphatic rings. The Bertz CT molecular complexity index is 848. The zero-order valence-electron chi connectivity index (χ0n) is 18.4. The van der Waals surface area contributed by atoms with E-state index in [4.69, 9.17) is 19.2 Å². The van der Waals surface area contributed by atoms with Crippen LogP contribution in [-0.2, 0) is 6.54 Å². The molecule has 1 saturated heterocycles. The standard InChI is InChI=1S/C23H32N4O3/c1-5-24-23(25-17-18-10-11-21(29-3)22(16-18)30-4)27-14-12-26(13-15-27)19-8-6-7-9-20(19)28-2/h6-11,16H,5,12-15,17H2,1-4H3,(H,24,25). The number of nitrogens with zero attached hydrogens (tertiary/aromatic N) is 3. The van der Waals surface area contributed by atoms with Gasteiger partial charge in [0.15, 0.2) is 17.5 Å². The molecule has 2 aromatic carbocycles. The van der Waals surface area contributed by atoms with Crippen LogP contribution in [0.15, 0.2) is 47.5 Å². The fourth-order valence-electron chi connectivity index (χ4n) is 3.62. The summed E-state index contributed by atoms with van der Waals surface area (Å²) in [4.78, 5) is 9.55. The van der Waals surface area contributed by atoms with Crippen LogP contribution in [0.5, 0.6) is 17.2 Å². The number of piperazine rings is 1. The van der Waals surface area contributed by atoms with Crippen molar-refractivity contribution < 1.29 is 14.2 Å². The van der Waals surface area contributed by atoms with Crippen molar-refractivity contribution in [3.8, 4) is 17.2 Å². The predicted octanol–water partition coefficient (Wildman–Crippen LogP) is 3.00. The van der Waals surface area contributed by atoms with Gasteiger partial charge in [-0.05, 0) is 36.8 Å². The molecule has 1 aliphatic heterocycles. The highest BCUT2D eigenvalue weighted by atomic mass is 16.5. The van der Waals surface area contributed by atoms with Crippen molar-refractivity contribution in [2.75, 3.05) is 59.0 Å². The lowest BCUT2D eigenvalue weighted by Crippen LogP contribution is -2.52. The molecule has 7 heteroatoms. The third-order valence-electron chi connectivity index (χ3n) is 5.20. The fourth-order valence-corrected chi connectivity index (χ4v) is 3.62. The average Bonchev–Trinajstić information content (AvgIpc) is 2.81. The quantitative estimate of drug-likeness (QED) is 0.557. The minimum Gasteiger partial charge on any atom is -0.495 e. The maximum atomic E-state index is 5.52. The molecule has 0 spiro atoms. The van der Waals surface area contributed by atoms with Gasteiger partial charge >= 0.3 is 0 Å². The van der Waals surface area contributed by atoms with Gasteiger partial charge in [-0.2, -0.15) is 0 Å². The number of benzene rings is 2. The molecule has 1 N–H and O–H groups in total. The van der Waals surface area contributed by atoms with Crippen molar-refractivity contribution in [3.63, 3.8) is 0 Å². The summed E-state index contributed by atoms with van der Waals surface area (Å²) >= 11 is 0. The lowest BCUT2D eigenvalue weighted by atomic mass is 10.2. The van der Waals surface area contributed by atoms with E-state index in [1.54, 1.807) is 21.3 Å². The summed E-state index contributed by atoms with van der Waals surface area (Å²) in [6, 6.07) is 14.1. The highest BCUT2D eigenvalue weighted by molar-refractivity contribution is 5.80. The van der Waals surface area contributed by atoms with E-state index in [0.29, 0.717) is 6.54 Å². The molecule has 3 rings (SSSR count). The van der Waals surface area contributed by atoms with Gasteiger partial charge in [0.2, 0.25) is 0 Å². The van der Waals surface area contributed by atoms with Gasteiger partial charge < -0.3 is 29.3 Å². The molecular weight excluding hydrogens is 380 g/mol. The number of hydrogen-bond donors (Lipinski definition) is 1. The van der Waals surface area contributed by atoms with Crippen molar-refractivity contribution in [3.05, 3.63) is 48.0 Å². The summed E-state index contributed by atoms with van der Waals surface area (Å²) < 4.78 is 16.2. The molecule has 2 aromatic rings. The summed E-state index contributed by atoms with van der Waals surface area (Å²) in [5.74, 6) is 3.30. The van der Waals surface area contributed by atoms with E-state index in [1.165, 1.54) is 0 Å².